The second-order valence-corrected chi connectivity index (χ2v) is 5.22. The van der Waals surface area contributed by atoms with Crippen LogP contribution in [0.1, 0.15) is 29.5 Å². The maximum absolute atomic E-state index is 6.26. The molecule has 2 rings (SSSR count). The Morgan fingerprint density at radius 1 is 1.47 bits per heavy atom. The van der Waals surface area contributed by atoms with Crippen LogP contribution < -0.4 is 10.1 Å². The summed E-state index contributed by atoms with van der Waals surface area (Å²) in [6.07, 6.45) is 3.52. The van der Waals surface area contributed by atoms with E-state index in [2.05, 4.69) is 19.2 Å². The van der Waals surface area contributed by atoms with Gasteiger partial charge in [0.25, 0.3) is 0 Å². The highest BCUT2D eigenvalue weighted by atomic mass is 35.5. The summed E-state index contributed by atoms with van der Waals surface area (Å²) in [5.74, 6) is 1.00. The molecular formula is C14H20ClNO. The van der Waals surface area contributed by atoms with Crippen LogP contribution >= 0.6 is 11.6 Å². The summed E-state index contributed by atoms with van der Waals surface area (Å²) in [6, 6.07) is 2.56. The lowest BCUT2D eigenvalue weighted by Gasteiger charge is -2.18. The second-order valence-electron chi connectivity index (χ2n) is 4.81. The zero-order chi connectivity index (χ0) is 12.4. The lowest BCUT2D eigenvalue weighted by Crippen LogP contribution is -2.24. The number of hydrogen-bond acceptors (Lipinski definition) is 2. The molecule has 1 aromatic rings. The molecule has 1 saturated heterocycles. The van der Waals surface area contributed by atoms with E-state index in [9.17, 15) is 0 Å². The molecule has 1 aliphatic rings. The van der Waals surface area contributed by atoms with Crippen LogP contribution in [0.5, 0.6) is 5.75 Å². The maximum atomic E-state index is 6.26. The molecular weight excluding hydrogens is 234 g/mol. The molecule has 0 radical (unpaired) electrons. The van der Waals surface area contributed by atoms with E-state index in [4.69, 9.17) is 16.3 Å². The predicted octanol–water partition coefficient (Wildman–Crippen LogP) is 3.26. The van der Waals surface area contributed by atoms with E-state index in [0.717, 1.165) is 34.9 Å². The molecule has 0 amide bonds. The number of aryl methyl sites for hydroxylation is 1. The van der Waals surface area contributed by atoms with E-state index < -0.39 is 0 Å². The second kappa shape index (κ2) is 5.28. The molecule has 94 valence electrons. The number of nitrogens with one attached hydrogen (secondary N) is 1. The van der Waals surface area contributed by atoms with Crippen molar-refractivity contribution >= 4 is 11.6 Å². The quantitative estimate of drug-likeness (QED) is 0.893. The number of rotatable bonds is 3. The van der Waals surface area contributed by atoms with E-state index in [1.807, 2.05) is 6.07 Å². The van der Waals surface area contributed by atoms with E-state index in [-0.39, 0.29) is 0 Å². The van der Waals surface area contributed by atoms with Gasteiger partial charge in [-0.2, -0.15) is 0 Å². The van der Waals surface area contributed by atoms with Crippen molar-refractivity contribution in [2.75, 3.05) is 13.7 Å². The Morgan fingerprint density at radius 2 is 2.24 bits per heavy atom. The third-order valence-electron chi connectivity index (χ3n) is 3.60. The Balaban J connectivity index is 2.35. The Morgan fingerprint density at radius 3 is 2.82 bits per heavy atom. The Kier molecular flexibility index (Phi) is 3.95. The van der Waals surface area contributed by atoms with Gasteiger partial charge in [0, 0.05) is 16.6 Å². The fourth-order valence-electron chi connectivity index (χ4n) is 2.62. The van der Waals surface area contributed by atoms with Crippen LogP contribution in [0.15, 0.2) is 6.07 Å². The first-order valence-electron chi connectivity index (χ1n) is 6.19. The smallest absolute Gasteiger partial charge is 0.125 e. The third-order valence-corrected chi connectivity index (χ3v) is 4.00. The zero-order valence-electron chi connectivity index (χ0n) is 10.8. The first-order valence-corrected chi connectivity index (χ1v) is 6.57. The van der Waals surface area contributed by atoms with Gasteiger partial charge in [-0.1, -0.05) is 11.6 Å². The molecule has 0 saturated carbocycles. The van der Waals surface area contributed by atoms with Crippen LogP contribution in [0.3, 0.4) is 0 Å². The minimum absolute atomic E-state index is 0.570. The Labute approximate surface area is 108 Å². The third kappa shape index (κ3) is 2.58. The van der Waals surface area contributed by atoms with Gasteiger partial charge in [0.15, 0.2) is 0 Å². The van der Waals surface area contributed by atoms with Crippen LogP contribution in [-0.2, 0) is 6.42 Å². The maximum Gasteiger partial charge on any atom is 0.125 e. The minimum atomic E-state index is 0.570. The Bertz CT molecular complexity index is 411. The van der Waals surface area contributed by atoms with Crippen molar-refractivity contribution in [2.45, 2.75) is 39.2 Å². The average Bonchev–Trinajstić information content (AvgIpc) is 2.78. The number of benzene rings is 1. The fraction of sp³-hybridized carbons (Fsp3) is 0.571. The van der Waals surface area contributed by atoms with Gasteiger partial charge in [-0.3, -0.25) is 0 Å². The summed E-state index contributed by atoms with van der Waals surface area (Å²) in [5, 5.41) is 4.37. The molecule has 1 N–H and O–H groups in total. The molecule has 17 heavy (non-hydrogen) atoms. The van der Waals surface area contributed by atoms with Gasteiger partial charge in [-0.15, -0.1) is 0 Å². The molecule has 0 spiro atoms. The summed E-state index contributed by atoms with van der Waals surface area (Å²) < 4.78 is 5.54. The SMILES string of the molecule is COc1c(C)cc(Cl)c(C)c1CC1CCCN1. The largest absolute Gasteiger partial charge is 0.496 e. The highest BCUT2D eigenvalue weighted by molar-refractivity contribution is 6.31. The topological polar surface area (TPSA) is 21.3 Å². The number of methoxy groups -OCH3 is 1. The van der Waals surface area contributed by atoms with Crippen molar-refractivity contribution in [1.82, 2.24) is 5.32 Å². The summed E-state index contributed by atoms with van der Waals surface area (Å²) >= 11 is 6.26. The van der Waals surface area contributed by atoms with Crippen LogP contribution in [0.2, 0.25) is 5.02 Å². The molecule has 0 aromatic heterocycles. The zero-order valence-corrected chi connectivity index (χ0v) is 11.5. The van der Waals surface area contributed by atoms with Gasteiger partial charge < -0.3 is 10.1 Å². The molecule has 2 nitrogen and oxygen atoms in total. The first kappa shape index (κ1) is 12.7. The summed E-state index contributed by atoms with van der Waals surface area (Å²) in [6.45, 7) is 5.26. The van der Waals surface area contributed by atoms with Gasteiger partial charge in [-0.05, 0) is 56.8 Å². The summed E-state index contributed by atoms with van der Waals surface area (Å²) in [4.78, 5) is 0. The number of halogens is 1. The summed E-state index contributed by atoms with van der Waals surface area (Å²) in [5.41, 5.74) is 3.54. The Hall–Kier alpha value is -0.730. The van der Waals surface area contributed by atoms with E-state index in [1.165, 1.54) is 18.4 Å². The normalized spacial score (nSPS) is 19.6. The van der Waals surface area contributed by atoms with Crippen LogP contribution in [0.25, 0.3) is 0 Å². The van der Waals surface area contributed by atoms with Crippen molar-refractivity contribution in [2.24, 2.45) is 0 Å². The van der Waals surface area contributed by atoms with E-state index in [1.54, 1.807) is 7.11 Å². The molecule has 1 unspecified atom stereocenters. The average molecular weight is 254 g/mol. The summed E-state index contributed by atoms with van der Waals surface area (Å²) in [7, 11) is 1.74. The molecule has 0 aliphatic carbocycles. The molecule has 1 heterocycles. The standard InChI is InChI=1S/C14H20ClNO/c1-9-7-13(15)10(2)12(14(9)17-3)8-11-5-4-6-16-11/h7,11,16H,4-6,8H2,1-3H3. The van der Waals surface area contributed by atoms with E-state index >= 15 is 0 Å². The van der Waals surface area contributed by atoms with Crippen LogP contribution in [-0.4, -0.2) is 19.7 Å². The van der Waals surface area contributed by atoms with Crippen LogP contribution in [0, 0.1) is 13.8 Å². The van der Waals surface area contributed by atoms with Gasteiger partial charge in [-0.25, -0.2) is 0 Å². The van der Waals surface area contributed by atoms with Gasteiger partial charge in [0.1, 0.15) is 5.75 Å². The molecule has 1 aromatic carbocycles. The molecule has 1 aliphatic heterocycles. The van der Waals surface area contributed by atoms with Gasteiger partial charge in [0.05, 0.1) is 7.11 Å². The molecule has 1 fully saturated rings. The fourth-order valence-corrected chi connectivity index (χ4v) is 2.90. The monoisotopic (exact) mass is 253 g/mol. The van der Waals surface area contributed by atoms with Gasteiger partial charge in [0.2, 0.25) is 0 Å². The lowest BCUT2D eigenvalue weighted by atomic mass is 9.96. The van der Waals surface area contributed by atoms with Crippen molar-refractivity contribution in [3.8, 4) is 5.75 Å². The first-order chi connectivity index (χ1) is 8.13. The van der Waals surface area contributed by atoms with Crippen molar-refractivity contribution in [3.63, 3.8) is 0 Å². The minimum Gasteiger partial charge on any atom is -0.496 e. The highest BCUT2D eigenvalue weighted by Gasteiger charge is 2.20. The lowest BCUT2D eigenvalue weighted by molar-refractivity contribution is 0.403. The van der Waals surface area contributed by atoms with Crippen LogP contribution in [0.4, 0.5) is 0 Å². The highest BCUT2D eigenvalue weighted by Crippen LogP contribution is 2.33. The number of ether oxygens (including phenoxy) is 1. The molecule has 1 atom stereocenters. The van der Waals surface area contributed by atoms with Crippen molar-refractivity contribution in [1.29, 1.82) is 0 Å². The number of hydrogen-bond donors (Lipinski definition) is 1. The predicted molar refractivity (Wildman–Crippen MR) is 72.2 cm³/mol. The molecule has 0 bridgehead atoms. The van der Waals surface area contributed by atoms with Crippen molar-refractivity contribution in [3.05, 3.63) is 27.8 Å². The van der Waals surface area contributed by atoms with Crippen molar-refractivity contribution < 1.29 is 4.74 Å². The molecule has 3 heteroatoms. The van der Waals surface area contributed by atoms with E-state index in [0.29, 0.717) is 6.04 Å². The van der Waals surface area contributed by atoms with Gasteiger partial charge >= 0.3 is 0 Å².